The van der Waals surface area contributed by atoms with Gasteiger partial charge in [-0.2, -0.15) is 13.2 Å². The standard InChI is InChI=1S/C14H15F3O2/c1-7-5-8(2)10(4)13(9(7)3)11(18)6-12(19)14(15,16)17/h5H,6H2,1-4H3. The molecular weight excluding hydrogens is 257 g/mol. The van der Waals surface area contributed by atoms with E-state index in [1.165, 1.54) is 0 Å². The van der Waals surface area contributed by atoms with Gasteiger partial charge in [0.15, 0.2) is 5.78 Å². The Morgan fingerprint density at radius 1 is 1.00 bits per heavy atom. The van der Waals surface area contributed by atoms with E-state index in [4.69, 9.17) is 0 Å². The average Bonchev–Trinajstić information content (AvgIpc) is 2.25. The van der Waals surface area contributed by atoms with Crippen molar-refractivity contribution >= 4 is 11.6 Å². The molecule has 1 aromatic carbocycles. The summed E-state index contributed by atoms with van der Waals surface area (Å²) in [5.74, 6) is -2.78. The van der Waals surface area contributed by atoms with Crippen molar-refractivity contribution in [2.75, 3.05) is 0 Å². The van der Waals surface area contributed by atoms with E-state index >= 15 is 0 Å². The van der Waals surface area contributed by atoms with E-state index in [9.17, 15) is 22.8 Å². The summed E-state index contributed by atoms with van der Waals surface area (Å²) in [5.41, 5.74) is 3.14. The van der Waals surface area contributed by atoms with E-state index in [-0.39, 0.29) is 5.56 Å². The predicted octanol–water partition coefficient (Wildman–Crippen LogP) is 3.62. The van der Waals surface area contributed by atoms with Crippen LogP contribution in [0.15, 0.2) is 6.07 Å². The number of halogens is 3. The van der Waals surface area contributed by atoms with Crippen LogP contribution in [0.4, 0.5) is 13.2 Å². The zero-order valence-corrected chi connectivity index (χ0v) is 11.2. The third-order valence-corrected chi connectivity index (χ3v) is 3.28. The molecule has 0 aliphatic carbocycles. The van der Waals surface area contributed by atoms with Crippen LogP contribution in [0, 0.1) is 27.7 Å². The fraction of sp³-hybridized carbons (Fsp3) is 0.429. The molecule has 0 aliphatic heterocycles. The highest BCUT2D eigenvalue weighted by Gasteiger charge is 2.39. The zero-order chi connectivity index (χ0) is 15.0. The molecule has 0 saturated heterocycles. The van der Waals surface area contributed by atoms with Crippen LogP contribution in [0.5, 0.6) is 0 Å². The second-order valence-corrected chi connectivity index (χ2v) is 4.66. The van der Waals surface area contributed by atoms with E-state index < -0.39 is 24.2 Å². The molecule has 19 heavy (non-hydrogen) atoms. The summed E-state index contributed by atoms with van der Waals surface area (Å²) in [6, 6.07) is 1.87. The molecule has 104 valence electrons. The van der Waals surface area contributed by atoms with E-state index in [0.29, 0.717) is 11.1 Å². The molecule has 2 nitrogen and oxygen atoms in total. The first-order chi connectivity index (χ1) is 8.55. The number of carbonyl (C=O) groups is 2. The van der Waals surface area contributed by atoms with Crippen molar-refractivity contribution in [2.24, 2.45) is 0 Å². The molecule has 0 amide bonds. The first-order valence-electron chi connectivity index (χ1n) is 5.76. The van der Waals surface area contributed by atoms with Gasteiger partial charge in [-0.25, -0.2) is 0 Å². The molecule has 0 radical (unpaired) electrons. The molecule has 0 bridgehead atoms. The summed E-state index contributed by atoms with van der Waals surface area (Å²) in [5, 5.41) is 0. The Balaban J connectivity index is 3.18. The Labute approximate surface area is 109 Å². The minimum Gasteiger partial charge on any atom is -0.294 e. The molecule has 0 unspecified atom stereocenters. The van der Waals surface area contributed by atoms with Crippen LogP contribution in [0.25, 0.3) is 0 Å². The van der Waals surface area contributed by atoms with Gasteiger partial charge in [-0.3, -0.25) is 9.59 Å². The summed E-state index contributed by atoms with van der Waals surface area (Å²) in [6.45, 7) is 6.91. The van der Waals surface area contributed by atoms with Gasteiger partial charge >= 0.3 is 6.18 Å². The lowest BCUT2D eigenvalue weighted by Crippen LogP contribution is -2.26. The van der Waals surface area contributed by atoms with Crippen molar-refractivity contribution < 1.29 is 22.8 Å². The molecule has 0 aliphatic rings. The molecule has 0 heterocycles. The Morgan fingerprint density at radius 2 is 1.42 bits per heavy atom. The minimum absolute atomic E-state index is 0.232. The van der Waals surface area contributed by atoms with Crippen molar-refractivity contribution in [3.63, 3.8) is 0 Å². The van der Waals surface area contributed by atoms with Gasteiger partial charge in [0, 0.05) is 5.56 Å². The Kier molecular flexibility index (Phi) is 4.18. The summed E-state index contributed by atoms with van der Waals surface area (Å²) in [6.07, 6.45) is -6.09. The van der Waals surface area contributed by atoms with Crippen molar-refractivity contribution in [3.05, 3.63) is 33.9 Å². The summed E-state index contributed by atoms with van der Waals surface area (Å²) in [7, 11) is 0. The normalized spacial score (nSPS) is 11.5. The number of aryl methyl sites for hydroxylation is 2. The third kappa shape index (κ3) is 3.22. The minimum atomic E-state index is -4.96. The number of hydrogen-bond donors (Lipinski definition) is 0. The lowest BCUT2D eigenvalue weighted by molar-refractivity contribution is -0.170. The lowest BCUT2D eigenvalue weighted by Gasteiger charge is -2.14. The third-order valence-electron chi connectivity index (χ3n) is 3.28. The fourth-order valence-corrected chi connectivity index (χ4v) is 1.97. The Hall–Kier alpha value is -1.65. The first kappa shape index (κ1) is 15.4. The van der Waals surface area contributed by atoms with Gasteiger partial charge in [0.1, 0.15) is 0 Å². The van der Waals surface area contributed by atoms with Crippen molar-refractivity contribution in [1.29, 1.82) is 0 Å². The Morgan fingerprint density at radius 3 is 1.79 bits per heavy atom. The number of hydrogen-bond acceptors (Lipinski definition) is 2. The molecule has 0 saturated carbocycles. The van der Waals surface area contributed by atoms with Gasteiger partial charge in [0.25, 0.3) is 0 Å². The summed E-state index contributed by atoms with van der Waals surface area (Å²) in [4.78, 5) is 22.8. The van der Waals surface area contributed by atoms with E-state index in [2.05, 4.69) is 0 Å². The molecule has 0 atom stereocenters. The van der Waals surface area contributed by atoms with Crippen LogP contribution in [0.1, 0.15) is 39.0 Å². The van der Waals surface area contributed by atoms with Gasteiger partial charge in [-0.1, -0.05) is 6.07 Å². The van der Waals surface area contributed by atoms with E-state index in [0.717, 1.165) is 11.1 Å². The fourth-order valence-electron chi connectivity index (χ4n) is 1.97. The Bertz CT molecular complexity index is 516. The smallest absolute Gasteiger partial charge is 0.294 e. The highest BCUT2D eigenvalue weighted by molar-refractivity contribution is 6.11. The van der Waals surface area contributed by atoms with Crippen molar-refractivity contribution in [3.8, 4) is 0 Å². The highest BCUT2D eigenvalue weighted by atomic mass is 19.4. The lowest BCUT2D eigenvalue weighted by atomic mass is 9.90. The number of Topliss-reactive ketones (excluding diaryl/α,β-unsaturated/α-hetero) is 2. The largest absolute Gasteiger partial charge is 0.450 e. The second-order valence-electron chi connectivity index (χ2n) is 4.66. The van der Waals surface area contributed by atoms with Crippen molar-refractivity contribution in [2.45, 2.75) is 40.3 Å². The summed E-state index contributed by atoms with van der Waals surface area (Å²) < 4.78 is 36.5. The van der Waals surface area contributed by atoms with Crippen LogP contribution in [-0.2, 0) is 4.79 Å². The first-order valence-corrected chi connectivity index (χ1v) is 5.76. The van der Waals surface area contributed by atoms with Crippen molar-refractivity contribution in [1.82, 2.24) is 0 Å². The van der Waals surface area contributed by atoms with E-state index in [1.807, 2.05) is 6.07 Å². The molecule has 0 N–H and O–H groups in total. The van der Waals surface area contributed by atoms with Crippen LogP contribution < -0.4 is 0 Å². The second kappa shape index (κ2) is 5.15. The number of ketones is 2. The quantitative estimate of drug-likeness (QED) is 0.622. The van der Waals surface area contributed by atoms with Crippen LogP contribution >= 0.6 is 0 Å². The number of alkyl halides is 3. The van der Waals surface area contributed by atoms with Crippen LogP contribution in [0.3, 0.4) is 0 Å². The predicted molar refractivity (Wildman–Crippen MR) is 65.4 cm³/mol. The maximum Gasteiger partial charge on any atom is 0.450 e. The zero-order valence-electron chi connectivity index (χ0n) is 11.2. The maximum absolute atomic E-state index is 12.2. The van der Waals surface area contributed by atoms with Crippen LogP contribution in [0.2, 0.25) is 0 Å². The monoisotopic (exact) mass is 272 g/mol. The maximum atomic E-state index is 12.2. The van der Waals surface area contributed by atoms with Gasteiger partial charge < -0.3 is 0 Å². The molecule has 0 spiro atoms. The SMILES string of the molecule is Cc1cc(C)c(C)c(C(=O)CC(=O)C(F)(F)F)c1C. The van der Waals surface area contributed by atoms with Gasteiger partial charge in [-0.05, 0) is 49.9 Å². The molecule has 1 aromatic rings. The van der Waals surface area contributed by atoms with E-state index in [1.54, 1.807) is 27.7 Å². The van der Waals surface area contributed by atoms with Gasteiger partial charge in [0.05, 0.1) is 6.42 Å². The molecular formula is C14H15F3O2. The topological polar surface area (TPSA) is 34.1 Å². The number of rotatable bonds is 3. The average molecular weight is 272 g/mol. The number of benzene rings is 1. The summed E-state index contributed by atoms with van der Waals surface area (Å²) >= 11 is 0. The number of carbonyl (C=O) groups excluding carboxylic acids is 2. The van der Waals surface area contributed by atoms with Gasteiger partial charge in [0.2, 0.25) is 5.78 Å². The molecule has 0 fully saturated rings. The van der Waals surface area contributed by atoms with Gasteiger partial charge in [-0.15, -0.1) is 0 Å². The molecule has 0 aromatic heterocycles. The molecule has 1 rings (SSSR count). The molecule has 5 heteroatoms. The highest BCUT2D eigenvalue weighted by Crippen LogP contribution is 2.25. The van der Waals surface area contributed by atoms with Crippen LogP contribution in [-0.4, -0.2) is 17.7 Å².